The lowest BCUT2D eigenvalue weighted by Gasteiger charge is -2.24. The van der Waals surface area contributed by atoms with Gasteiger partial charge in [0.25, 0.3) is 5.91 Å². The first-order valence-electron chi connectivity index (χ1n) is 7.39. The molecule has 130 valence electrons. The summed E-state index contributed by atoms with van der Waals surface area (Å²) in [5.41, 5.74) is 3.06. The molecule has 3 rings (SSSR count). The average Bonchev–Trinajstić information content (AvgIpc) is 2.96. The van der Waals surface area contributed by atoms with Crippen LogP contribution in [0.5, 0.6) is 0 Å². The van der Waals surface area contributed by atoms with Crippen molar-refractivity contribution in [2.24, 2.45) is 0 Å². The second-order valence-corrected chi connectivity index (χ2v) is 8.85. The minimum absolute atomic E-state index is 0.307. The van der Waals surface area contributed by atoms with Crippen molar-refractivity contribution >= 4 is 63.5 Å². The average molecular weight is 415 g/mol. The molecule has 1 atom stereocenters. The summed E-state index contributed by atoms with van der Waals surface area (Å²) in [6.45, 7) is 1.85. The monoisotopic (exact) mass is 413 g/mol. The number of thioether (sulfide) groups is 1. The third-order valence-electron chi connectivity index (χ3n) is 3.55. The molecule has 1 heterocycles. The van der Waals surface area contributed by atoms with E-state index in [2.05, 4.69) is 15.3 Å². The number of aromatic amines is 1. The number of hydrogen-bond acceptors (Lipinski definition) is 3. The molecule has 0 aliphatic rings. The summed E-state index contributed by atoms with van der Waals surface area (Å²) in [4.78, 5) is 20.1. The first-order valence-corrected chi connectivity index (χ1v) is 9.40. The summed E-state index contributed by atoms with van der Waals surface area (Å²) in [7, 11) is 0. The maximum atomic E-state index is 12.6. The number of nitrogens with one attached hydrogen (secondary N) is 2. The van der Waals surface area contributed by atoms with Gasteiger partial charge >= 0.3 is 0 Å². The molecule has 25 heavy (non-hydrogen) atoms. The van der Waals surface area contributed by atoms with Gasteiger partial charge in [-0.3, -0.25) is 4.79 Å². The molecule has 2 N–H and O–H groups in total. The van der Waals surface area contributed by atoms with E-state index in [1.807, 2.05) is 43.3 Å². The first-order chi connectivity index (χ1) is 11.8. The fourth-order valence-electron chi connectivity index (χ4n) is 2.30. The maximum Gasteiger partial charge on any atom is 0.252 e. The number of hydrogen-bond donors (Lipinski definition) is 2. The van der Waals surface area contributed by atoms with Gasteiger partial charge in [0.05, 0.1) is 11.0 Å². The number of alkyl halides is 3. The van der Waals surface area contributed by atoms with Crippen LogP contribution in [-0.2, 0) is 0 Å². The fourth-order valence-corrected chi connectivity index (χ4v) is 3.71. The number of rotatable bonds is 4. The Morgan fingerprint density at radius 1 is 1.16 bits per heavy atom. The van der Waals surface area contributed by atoms with Crippen molar-refractivity contribution in [3.05, 3.63) is 59.7 Å². The zero-order chi connectivity index (χ0) is 18.0. The van der Waals surface area contributed by atoms with Gasteiger partial charge in [0, 0.05) is 5.56 Å². The number of amides is 1. The van der Waals surface area contributed by atoms with Crippen molar-refractivity contribution in [2.45, 2.75) is 21.2 Å². The smallest absolute Gasteiger partial charge is 0.252 e. The number of carbonyl (C=O) groups excluding carboxylic acids is 1. The highest BCUT2D eigenvalue weighted by atomic mass is 35.6. The van der Waals surface area contributed by atoms with Crippen LogP contribution in [0.25, 0.3) is 11.0 Å². The van der Waals surface area contributed by atoms with Gasteiger partial charge in [0.15, 0.2) is 5.16 Å². The van der Waals surface area contributed by atoms with E-state index < -0.39 is 9.17 Å². The molecule has 3 aromatic rings. The van der Waals surface area contributed by atoms with Gasteiger partial charge in [-0.1, -0.05) is 76.9 Å². The van der Waals surface area contributed by atoms with E-state index in [-0.39, 0.29) is 5.91 Å². The number of nitrogens with zero attached hydrogens (tertiary/aromatic N) is 1. The van der Waals surface area contributed by atoms with Gasteiger partial charge in [0.1, 0.15) is 5.37 Å². The number of carbonyl (C=O) groups is 1. The summed E-state index contributed by atoms with van der Waals surface area (Å²) >= 11 is 19.4. The van der Waals surface area contributed by atoms with Crippen LogP contribution in [0, 0.1) is 6.92 Å². The molecule has 0 fully saturated rings. The Morgan fingerprint density at radius 3 is 2.52 bits per heavy atom. The molecule has 1 aromatic heterocycles. The largest absolute Gasteiger partial charge is 0.336 e. The van der Waals surface area contributed by atoms with Crippen molar-refractivity contribution in [2.75, 3.05) is 0 Å². The number of halogens is 3. The highest BCUT2D eigenvalue weighted by Crippen LogP contribution is 2.39. The van der Waals surface area contributed by atoms with Crippen LogP contribution in [-0.4, -0.2) is 25.0 Å². The highest BCUT2D eigenvalue weighted by Gasteiger charge is 2.36. The molecule has 0 aliphatic carbocycles. The molecule has 2 aromatic carbocycles. The molecular weight excluding hydrogens is 401 g/mol. The summed E-state index contributed by atoms with van der Waals surface area (Å²) in [6, 6.07) is 14.8. The SMILES string of the molecule is Cc1ccccc1C(=O)NC(Sc1nc2ccccc2[nH]1)C(Cl)(Cl)Cl. The Morgan fingerprint density at radius 2 is 1.84 bits per heavy atom. The van der Waals surface area contributed by atoms with Crippen molar-refractivity contribution < 1.29 is 4.79 Å². The van der Waals surface area contributed by atoms with Gasteiger partial charge in [0.2, 0.25) is 3.79 Å². The van der Waals surface area contributed by atoms with Crippen molar-refractivity contribution in [1.29, 1.82) is 0 Å². The Kier molecular flexibility index (Phi) is 5.49. The Balaban J connectivity index is 1.83. The van der Waals surface area contributed by atoms with Crippen molar-refractivity contribution in [1.82, 2.24) is 15.3 Å². The van der Waals surface area contributed by atoms with Gasteiger partial charge in [-0.25, -0.2) is 4.98 Å². The van der Waals surface area contributed by atoms with Crippen LogP contribution in [0.3, 0.4) is 0 Å². The zero-order valence-corrected chi connectivity index (χ0v) is 16.2. The van der Waals surface area contributed by atoms with Gasteiger partial charge in [-0.15, -0.1) is 0 Å². The zero-order valence-electron chi connectivity index (χ0n) is 13.1. The van der Waals surface area contributed by atoms with E-state index in [4.69, 9.17) is 34.8 Å². The van der Waals surface area contributed by atoms with Gasteiger partial charge in [-0.2, -0.15) is 0 Å². The number of imidazole rings is 1. The molecule has 1 amide bonds. The summed E-state index contributed by atoms with van der Waals surface area (Å²) < 4.78 is -1.71. The molecule has 4 nitrogen and oxygen atoms in total. The minimum atomic E-state index is -1.71. The minimum Gasteiger partial charge on any atom is -0.336 e. The van der Waals surface area contributed by atoms with Gasteiger partial charge < -0.3 is 10.3 Å². The number of fused-ring (bicyclic) bond motifs is 1. The Bertz CT molecular complexity index is 874. The molecule has 0 spiro atoms. The van der Waals surface area contributed by atoms with E-state index in [9.17, 15) is 4.79 Å². The number of para-hydroxylation sites is 2. The molecule has 0 aliphatic heterocycles. The summed E-state index contributed by atoms with van der Waals surface area (Å²) in [6.07, 6.45) is 0. The number of benzene rings is 2. The van der Waals surface area contributed by atoms with Crippen LogP contribution in [0.1, 0.15) is 15.9 Å². The van der Waals surface area contributed by atoms with E-state index in [1.54, 1.807) is 12.1 Å². The fraction of sp³-hybridized carbons (Fsp3) is 0.176. The lowest BCUT2D eigenvalue weighted by atomic mass is 10.1. The lowest BCUT2D eigenvalue weighted by molar-refractivity contribution is 0.0949. The van der Waals surface area contributed by atoms with Crippen LogP contribution >= 0.6 is 46.6 Å². The molecule has 8 heteroatoms. The maximum absolute atomic E-state index is 12.6. The molecule has 0 radical (unpaired) electrons. The molecule has 1 unspecified atom stereocenters. The lowest BCUT2D eigenvalue weighted by Crippen LogP contribution is -2.41. The Hall–Kier alpha value is -1.40. The molecular formula is C17H14Cl3N3OS. The third-order valence-corrected chi connectivity index (χ3v) is 5.71. The second-order valence-electron chi connectivity index (χ2n) is 5.39. The summed E-state index contributed by atoms with van der Waals surface area (Å²) in [5, 5.41) is 2.52. The van der Waals surface area contributed by atoms with Crippen molar-refractivity contribution in [3.63, 3.8) is 0 Å². The third kappa shape index (κ3) is 4.42. The van der Waals surface area contributed by atoms with Crippen molar-refractivity contribution in [3.8, 4) is 0 Å². The number of H-pyrrole nitrogens is 1. The van der Waals surface area contributed by atoms with E-state index in [1.165, 1.54) is 0 Å². The predicted octanol–water partition coefficient (Wildman–Crippen LogP) is 5.09. The number of aromatic nitrogens is 2. The standard InChI is InChI=1S/C17H14Cl3N3OS/c1-10-6-2-3-7-11(10)14(24)23-15(17(18,19)20)25-16-21-12-8-4-5-9-13(12)22-16/h2-9,15H,1H3,(H,21,22)(H,23,24). The predicted molar refractivity (Wildman–Crippen MR) is 105 cm³/mol. The molecule has 0 saturated heterocycles. The van der Waals surface area contributed by atoms with E-state index in [0.29, 0.717) is 10.7 Å². The van der Waals surface area contributed by atoms with Crippen LogP contribution in [0.2, 0.25) is 0 Å². The second kappa shape index (κ2) is 7.46. The normalized spacial score (nSPS) is 13.0. The summed E-state index contributed by atoms with van der Waals surface area (Å²) in [5.74, 6) is -0.307. The molecule has 0 saturated carbocycles. The van der Waals surface area contributed by atoms with E-state index in [0.717, 1.165) is 28.4 Å². The van der Waals surface area contributed by atoms with Crippen LogP contribution < -0.4 is 5.32 Å². The van der Waals surface area contributed by atoms with Gasteiger partial charge in [-0.05, 0) is 30.7 Å². The first kappa shape index (κ1) is 18.4. The van der Waals surface area contributed by atoms with Crippen LogP contribution in [0.4, 0.5) is 0 Å². The van der Waals surface area contributed by atoms with E-state index >= 15 is 0 Å². The quantitative estimate of drug-likeness (QED) is 0.355. The topological polar surface area (TPSA) is 57.8 Å². The molecule has 0 bridgehead atoms. The van der Waals surface area contributed by atoms with Crippen LogP contribution in [0.15, 0.2) is 53.7 Å². The Labute approximate surface area is 164 Å². The number of aryl methyl sites for hydroxylation is 1. The highest BCUT2D eigenvalue weighted by molar-refractivity contribution is 8.00.